The molecule has 0 aromatic heterocycles. The molecule has 0 N–H and O–H groups in total. The Morgan fingerprint density at radius 3 is 2.50 bits per heavy atom. The number of hydrogen-bond acceptors (Lipinski definition) is 3. The van der Waals surface area contributed by atoms with E-state index >= 15 is 0 Å². The number of hydrogen-bond donors (Lipinski definition) is 0. The molecule has 136 valence electrons. The number of nitrogens with zero attached hydrogens (tertiary/aromatic N) is 2. The number of carbonyl (C=O) groups excluding carboxylic acids is 1. The van der Waals surface area contributed by atoms with Crippen LogP contribution in [0.15, 0.2) is 54.7 Å². The van der Waals surface area contributed by atoms with Gasteiger partial charge in [-0.3, -0.25) is 9.69 Å². The largest absolute Gasteiger partial charge is 0.375 e. The number of ketones is 1. The zero-order chi connectivity index (χ0) is 18.5. The maximum atomic E-state index is 13.8. The summed E-state index contributed by atoms with van der Waals surface area (Å²) < 4.78 is 27.1. The molecule has 0 atom stereocenters. The van der Waals surface area contributed by atoms with Gasteiger partial charge in [0.2, 0.25) is 0 Å². The van der Waals surface area contributed by atoms with E-state index in [9.17, 15) is 13.6 Å². The fourth-order valence-corrected chi connectivity index (χ4v) is 3.13. The second-order valence-corrected chi connectivity index (χ2v) is 6.59. The zero-order valence-corrected chi connectivity index (χ0v) is 14.9. The van der Waals surface area contributed by atoms with Gasteiger partial charge < -0.3 is 4.90 Å². The van der Waals surface area contributed by atoms with Crippen LogP contribution in [-0.4, -0.2) is 41.8 Å². The van der Waals surface area contributed by atoms with Crippen molar-refractivity contribution in [3.63, 3.8) is 0 Å². The highest BCUT2D eigenvalue weighted by molar-refractivity contribution is 6.34. The normalized spacial score (nSPS) is 15.6. The van der Waals surface area contributed by atoms with Crippen LogP contribution in [0.25, 0.3) is 0 Å². The topological polar surface area (TPSA) is 23.6 Å². The summed E-state index contributed by atoms with van der Waals surface area (Å²) in [6.45, 7) is 3.22. The van der Waals surface area contributed by atoms with Crippen molar-refractivity contribution in [2.45, 2.75) is 6.54 Å². The van der Waals surface area contributed by atoms with Crippen molar-refractivity contribution in [3.05, 3.63) is 82.5 Å². The van der Waals surface area contributed by atoms with Crippen LogP contribution in [-0.2, 0) is 6.54 Å². The van der Waals surface area contributed by atoms with Gasteiger partial charge in [0, 0.05) is 56.1 Å². The van der Waals surface area contributed by atoms with Crippen molar-refractivity contribution < 1.29 is 13.6 Å². The Balaban J connectivity index is 1.53. The maximum Gasteiger partial charge on any atom is 0.188 e. The summed E-state index contributed by atoms with van der Waals surface area (Å²) in [5.41, 5.74) is 0.841. The quantitative estimate of drug-likeness (QED) is 0.579. The summed E-state index contributed by atoms with van der Waals surface area (Å²) in [6, 6.07) is 11.2. The lowest BCUT2D eigenvalue weighted by Crippen LogP contribution is -2.43. The lowest BCUT2D eigenvalue weighted by atomic mass is 10.1. The van der Waals surface area contributed by atoms with Gasteiger partial charge in [-0.25, -0.2) is 8.78 Å². The average Bonchev–Trinajstić information content (AvgIpc) is 2.65. The van der Waals surface area contributed by atoms with Crippen LogP contribution in [0.1, 0.15) is 15.9 Å². The number of benzene rings is 2. The van der Waals surface area contributed by atoms with Crippen molar-refractivity contribution in [2.75, 3.05) is 26.2 Å². The van der Waals surface area contributed by atoms with Crippen LogP contribution in [0.5, 0.6) is 0 Å². The summed E-state index contributed by atoms with van der Waals surface area (Å²) in [7, 11) is 0. The highest BCUT2D eigenvalue weighted by Gasteiger charge is 2.17. The van der Waals surface area contributed by atoms with Crippen LogP contribution in [0.2, 0.25) is 5.02 Å². The van der Waals surface area contributed by atoms with Gasteiger partial charge in [-0.2, -0.15) is 0 Å². The number of rotatable bonds is 5. The summed E-state index contributed by atoms with van der Waals surface area (Å²) in [5.74, 6) is -1.73. The fraction of sp³-hybridized carbons (Fsp3) is 0.250. The predicted octanol–water partition coefficient (Wildman–Crippen LogP) is 4.13. The molecule has 0 spiro atoms. The molecule has 2 aromatic carbocycles. The van der Waals surface area contributed by atoms with E-state index in [0.717, 1.165) is 6.07 Å². The molecule has 3 nitrogen and oxygen atoms in total. The van der Waals surface area contributed by atoms with Crippen molar-refractivity contribution in [3.8, 4) is 0 Å². The fourth-order valence-electron chi connectivity index (χ4n) is 2.91. The molecule has 0 amide bonds. The Morgan fingerprint density at radius 2 is 1.77 bits per heavy atom. The molecule has 0 saturated carbocycles. The van der Waals surface area contributed by atoms with Gasteiger partial charge in [0.25, 0.3) is 0 Å². The molecule has 0 bridgehead atoms. The molecule has 0 radical (unpaired) electrons. The van der Waals surface area contributed by atoms with Gasteiger partial charge in [-0.05, 0) is 18.2 Å². The second-order valence-electron chi connectivity index (χ2n) is 6.18. The molecule has 26 heavy (non-hydrogen) atoms. The van der Waals surface area contributed by atoms with E-state index in [-0.39, 0.29) is 5.78 Å². The molecular weight excluding hydrogens is 358 g/mol. The molecule has 0 unspecified atom stereocenters. The third kappa shape index (κ3) is 4.48. The van der Waals surface area contributed by atoms with Crippen molar-refractivity contribution in [1.82, 2.24) is 9.80 Å². The Hall–Kier alpha value is -2.24. The first-order valence-corrected chi connectivity index (χ1v) is 8.79. The van der Waals surface area contributed by atoms with Crippen molar-refractivity contribution in [1.29, 1.82) is 0 Å². The van der Waals surface area contributed by atoms with Crippen molar-refractivity contribution >= 4 is 17.4 Å². The van der Waals surface area contributed by atoms with Crippen molar-refractivity contribution in [2.24, 2.45) is 0 Å². The zero-order valence-electron chi connectivity index (χ0n) is 14.2. The molecular formula is C20H19ClF2N2O. The smallest absolute Gasteiger partial charge is 0.188 e. The summed E-state index contributed by atoms with van der Waals surface area (Å²) in [5, 5.41) is 0.434. The third-order valence-corrected chi connectivity index (χ3v) is 4.74. The SMILES string of the molecule is O=C(/C=C/N1CCN(Cc2cccc(F)c2F)CC1)c1ccccc1Cl. The summed E-state index contributed by atoms with van der Waals surface area (Å²) >= 11 is 6.03. The van der Waals surface area contributed by atoms with E-state index in [2.05, 4.69) is 4.90 Å². The molecule has 1 aliphatic rings. The van der Waals surface area contributed by atoms with Gasteiger partial charge in [0.15, 0.2) is 17.4 Å². The van der Waals surface area contributed by atoms with E-state index in [0.29, 0.717) is 48.9 Å². The van der Waals surface area contributed by atoms with Gasteiger partial charge in [-0.15, -0.1) is 0 Å². The molecule has 1 heterocycles. The molecule has 1 fully saturated rings. The van der Waals surface area contributed by atoms with Crippen LogP contribution >= 0.6 is 11.6 Å². The maximum absolute atomic E-state index is 13.8. The van der Waals surface area contributed by atoms with Gasteiger partial charge >= 0.3 is 0 Å². The first kappa shape index (κ1) is 18.5. The minimum atomic E-state index is -0.817. The lowest BCUT2D eigenvalue weighted by Gasteiger charge is -2.34. The summed E-state index contributed by atoms with van der Waals surface area (Å²) in [4.78, 5) is 16.3. The highest BCUT2D eigenvalue weighted by Crippen LogP contribution is 2.17. The molecule has 6 heteroatoms. The van der Waals surface area contributed by atoms with E-state index in [1.807, 2.05) is 4.90 Å². The summed E-state index contributed by atoms with van der Waals surface area (Å²) in [6.07, 6.45) is 3.29. The van der Waals surface area contributed by atoms with Crippen LogP contribution < -0.4 is 0 Å². The van der Waals surface area contributed by atoms with Gasteiger partial charge in [0.05, 0.1) is 5.02 Å². The van der Waals surface area contributed by atoms with Crippen LogP contribution in [0.4, 0.5) is 8.78 Å². The number of halogens is 3. The molecule has 1 aliphatic heterocycles. The van der Waals surface area contributed by atoms with E-state index in [1.54, 1.807) is 36.5 Å². The lowest BCUT2D eigenvalue weighted by molar-refractivity contribution is 0.104. The number of carbonyl (C=O) groups is 1. The van der Waals surface area contributed by atoms with Crippen LogP contribution in [0, 0.1) is 11.6 Å². The van der Waals surface area contributed by atoms with E-state index < -0.39 is 11.6 Å². The predicted molar refractivity (Wildman–Crippen MR) is 98.1 cm³/mol. The Bertz CT molecular complexity index is 817. The van der Waals surface area contributed by atoms with E-state index in [1.165, 1.54) is 12.1 Å². The minimum Gasteiger partial charge on any atom is -0.375 e. The minimum absolute atomic E-state index is 0.139. The molecule has 1 saturated heterocycles. The Labute approximate surface area is 156 Å². The second kappa shape index (κ2) is 8.43. The Kier molecular flexibility index (Phi) is 6.01. The molecule has 2 aromatic rings. The Morgan fingerprint density at radius 1 is 1.04 bits per heavy atom. The number of piperazine rings is 1. The van der Waals surface area contributed by atoms with Gasteiger partial charge in [-0.1, -0.05) is 35.9 Å². The standard InChI is InChI=1S/C20H19ClF2N2O/c21-17-6-2-1-5-16(17)19(26)8-9-24-10-12-25(13-11-24)14-15-4-3-7-18(22)20(15)23/h1-9H,10-14H2/b9-8+. The third-order valence-electron chi connectivity index (χ3n) is 4.41. The van der Waals surface area contributed by atoms with Crippen LogP contribution in [0.3, 0.4) is 0 Å². The van der Waals surface area contributed by atoms with Gasteiger partial charge in [0.1, 0.15) is 0 Å². The molecule has 3 rings (SSSR count). The highest BCUT2D eigenvalue weighted by atomic mass is 35.5. The van der Waals surface area contributed by atoms with E-state index in [4.69, 9.17) is 11.6 Å². The average molecular weight is 377 g/mol. The first-order chi connectivity index (χ1) is 12.5. The number of allylic oxidation sites excluding steroid dienone is 1. The first-order valence-electron chi connectivity index (χ1n) is 8.41. The monoisotopic (exact) mass is 376 g/mol. The molecule has 0 aliphatic carbocycles.